The van der Waals surface area contributed by atoms with Crippen LogP contribution in [0.3, 0.4) is 0 Å². The Morgan fingerprint density at radius 1 is 1.05 bits per heavy atom. The highest BCUT2D eigenvalue weighted by molar-refractivity contribution is 6.06. The predicted octanol–water partition coefficient (Wildman–Crippen LogP) is 2.47. The van der Waals surface area contributed by atoms with Crippen molar-refractivity contribution in [3.05, 3.63) is 66.2 Å². The van der Waals surface area contributed by atoms with Gasteiger partial charge in [0, 0.05) is 24.2 Å². The van der Waals surface area contributed by atoms with Gasteiger partial charge in [-0.15, -0.1) is 0 Å². The van der Waals surface area contributed by atoms with E-state index in [2.05, 4.69) is 5.16 Å². The molecule has 0 aliphatic carbocycles. The zero-order valence-corrected chi connectivity index (χ0v) is 11.5. The van der Waals surface area contributed by atoms with Crippen LogP contribution in [0.4, 0.5) is 5.69 Å². The highest BCUT2D eigenvalue weighted by atomic mass is 16.4. The minimum atomic E-state index is -0.118. The van der Waals surface area contributed by atoms with Crippen molar-refractivity contribution in [2.24, 2.45) is 10.9 Å². The number of oxime groups is 1. The van der Waals surface area contributed by atoms with Crippen molar-refractivity contribution < 1.29 is 10.0 Å². The molecule has 0 heterocycles. The molecule has 1 amide bonds. The van der Waals surface area contributed by atoms with Crippen molar-refractivity contribution in [3.63, 3.8) is 0 Å². The second-order valence-electron chi connectivity index (χ2n) is 4.50. The van der Waals surface area contributed by atoms with Gasteiger partial charge in [-0.3, -0.25) is 4.79 Å². The van der Waals surface area contributed by atoms with E-state index in [1.165, 1.54) is 0 Å². The maximum Gasteiger partial charge on any atom is 0.258 e. The molecule has 0 radical (unpaired) electrons. The molecule has 0 unspecified atom stereocenters. The molecule has 21 heavy (non-hydrogen) atoms. The first-order valence-corrected chi connectivity index (χ1v) is 6.60. The van der Waals surface area contributed by atoms with Crippen molar-refractivity contribution in [2.75, 3.05) is 11.4 Å². The van der Waals surface area contributed by atoms with Crippen molar-refractivity contribution in [2.45, 2.75) is 6.42 Å². The Morgan fingerprint density at radius 3 is 2.19 bits per heavy atom. The first kappa shape index (κ1) is 14.6. The van der Waals surface area contributed by atoms with Gasteiger partial charge in [-0.05, 0) is 24.3 Å². The van der Waals surface area contributed by atoms with Crippen LogP contribution in [0.5, 0.6) is 0 Å². The molecule has 0 aliphatic rings. The van der Waals surface area contributed by atoms with E-state index in [9.17, 15) is 4.79 Å². The van der Waals surface area contributed by atoms with Crippen molar-refractivity contribution >= 4 is 17.4 Å². The van der Waals surface area contributed by atoms with Crippen LogP contribution in [0.15, 0.2) is 65.8 Å². The molecule has 0 bridgehead atoms. The van der Waals surface area contributed by atoms with Crippen LogP contribution in [-0.4, -0.2) is 23.5 Å². The number of amidine groups is 1. The Hall–Kier alpha value is -2.82. The molecule has 2 aromatic rings. The molecule has 0 saturated carbocycles. The zero-order chi connectivity index (χ0) is 15.1. The molecular weight excluding hydrogens is 266 g/mol. The Balaban J connectivity index is 2.25. The topological polar surface area (TPSA) is 78.9 Å². The van der Waals surface area contributed by atoms with E-state index in [-0.39, 0.29) is 11.7 Å². The third-order valence-electron chi connectivity index (χ3n) is 3.05. The molecule has 0 aliphatic heterocycles. The number of carbonyl (C=O) groups is 1. The van der Waals surface area contributed by atoms with Crippen LogP contribution in [-0.2, 0) is 0 Å². The molecule has 108 valence electrons. The lowest BCUT2D eigenvalue weighted by Crippen LogP contribution is -2.34. The molecule has 0 atom stereocenters. The summed E-state index contributed by atoms with van der Waals surface area (Å²) in [6.45, 7) is 0.341. The summed E-state index contributed by atoms with van der Waals surface area (Å²) >= 11 is 0. The lowest BCUT2D eigenvalue weighted by molar-refractivity contribution is 0.0987. The molecule has 2 rings (SSSR count). The number of nitrogens with two attached hydrogens (primary N) is 1. The van der Waals surface area contributed by atoms with Crippen LogP contribution in [0.1, 0.15) is 16.8 Å². The molecule has 0 saturated heterocycles. The van der Waals surface area contributed by atoms with Gasteiger partial charge in [0.1, 0.15) is 5.84 Å². The minimum Gasteiger partial charge on any atom is -0.409 e. The van der Waals surface area contributed by atoms with E-state index in [0.717, 1.165) is 5.69 Å². The number of nitrogens with zero attached hydrogens (tertiary/aromatic N) is 2. The summed E-state index contributed by atoms with van der Waals surface area (Å²) in [4.78, 5) is 14.2. The predicted molar refractivity (Wildman–Crippen MR) is 82.6 cm³/mol. The monoisotopic (exact) mass is 283 g/mol. The summed E-state index contributed by atoms with van der Waals surface area (Å²) in [7, 11) is 0. The van der Waals surface area contributed by atoms with Gasteiger partial charge < -0.3 is 15.8 Å². The molecular formula is C16H17N3O2. The second kappa shape index (κ2) is 7.09. The lowest BCUT2D eigenvalue weighted by Gasteiger charge is -2.22. The molecule has 0 aromatic heterocycles. The number of amides is 1. The Bertz CT molecular complexity index is 612. The van der Waals surface area contributed by atoms with Crippen LogP contribution in [0.25, 0.3) is 0 Å². The first-order valence-electron chi connectivity index (χ1n) is 6.60. The molecule has 0 fully saturated rings. The molecule has 5 heteroatoms. The average Bonchev–Trinajstić information content (AvgIpc) is 2.56. The summed E-state index contributed by atoms with van der Waals surface area (Å²) in [6.07, 6.45) is 0.296. The van der Waals surface area contributed by atoms with E-state index in [4.69, 9.17) is 10.9 Å². The normalized spacial score (nSPS) is 11.1. The summed E-state index contributed by atoms with van der Waals surface area (Å²) in [5.41, 5.74) is 6.87. The SMILES string of the molecule is N/C(CCN(C(=O)c1ccccc1)c1ccccc1)=N/O. The Morgan fingerprint density at radius 2 is 1.62 bits per heavy atom. The number of hydrogen-bond acceptors (Lipinski definition) is 3. The van der Waals surface area contributed by atoms with Crippen molar-refractivity contribution in [1.82, 2.24) is 0 Å². The quantitative estimate of drug-likeness (QED) is 0.383. The van der Waals surface area contributed by atoms with Gasteiger partial charge in [0.05, 0.1) is 0 Å². The number of carbonyl (C=O) groups excluding carboxylic acids is 1. The van der Waals surface area contributed by atoms with E-state index in [1.54, 1.807) is 17.0 Å². The van der Waals surface area contributed by atoms with Gasteiger partial charge in [-0.1, -0.05) is 41.6 Å². The maximum atomic E-state index is 12.6. The number of benzene rings is 2. The van der Waals surface area contributed by atoms with Crippen LogP contribution in [0, 0.1) is 0 Å². The van der Waals surface area contributed by atoms with Crippen LogP contribution in [0.2, 0.25) is 0 Å². The smallest absolute Gasteiger partial charge is 0.258 e. The maximum absolute atomic E-state index is 12.6. The van der Waals surface area contributed by atoms with Gasteiger partial charge >= 0.3 is 0 Å². The van der Waals surface area contributed by atoms with Gasteiger partial charge in [0.2, 0.25) is 0 Å². The largest absolute Gasteiger partial charge is 0.409 e. The number of rotatable bonds is 5. The molecule has 0 spiro atoms. The van der Waals surface area contributed by atoms with Gasteiger partial charge in [0.15, 0.2) is 0 Å². The highest BCUT2D eigenvalue weighted by Crippen LogP contribution is 2.17. The van der Waals surface area contributed by atoms with Gasteiger partial charge in [-0.25, -0.2) is 0 Å². The standard InChI is InChI=1S/C16H17N3O2/c17-15(18-21)11-12-19(14-9-5-2-6-10-14)16(20)13-7-3-1-4-8-13/h1-10,21H,11-12H2,(H2,17,18). The number of para-hydroxylation sites is 1. The summed E-state index contributed by atoms with van der Waals surface area (Å²) < 4.78 is 0. The van der Waals surface area contributed by atoms with E-state index >= 15 is 0 Å². The fourth-order valence-corrected chi connectivity index (χ4v) is 1.97. The third kappa shape index (κ3) is 3.82. The van der Waals surface area contributed by atoms with E-state index < -0.39 is 0 Å². The second-order valence-corrected chi connectivity index (χ2v) is 4.50. The van der Waals surface area contributed by atoms with Crippen LogP contribution >= 0.6 is 0 Å². The Labute approximate surface area is 123 Å². The van der Waals surface area contributed by atoms with Crippen molar-refractivity contribution in [1.29, 1.82) is 0 Å². The van der Waals surface area contributed by atoms with E-state index in [0.29, 0.717) is 18.5 Å². The number of hydrogen-bond donors (Lipinski definition) is 2. The van der Waals surface area contributed by atoms with E-state index in [1.807, 2.05) is 48.5 Å². The summed E-state index contributed by atoms with van der Waals surface area (Å²) in [5.74, 6) is -0.0238. The molecule has 3 N–H and O–H groups in total. The fraction of sp³-hybridized carbons (Fsp3) is 0.125. The zero-order valence-electron chi connectivity index (χ0n) is 11.5. The Kier molecular flexibility index (Phi) is 4.93. The summed E-state index contributed by atoms with van der Waals surface area (Å²) in [5, 5.41) is 11.6. The molecule has 5 nitrogen and oxygen atoms in total. The average molecular weight is 283 g/mol. The minimum absolute atomic E-state index is 0.0943. The van der Waals surface area contributed by atoms with Gasteiger partial charge in [-0.2, -0.15) is 0 Å². The highest BCUT2D eigenvalue weighted by Gasteiger charge is 2.17. The van der Waals surface area contributed by atoms with Crippen LogP contribution < -0.4 is 10.6 Å². The fourth-order valence-electron chi connectivity index (χ4n) is 1.97. The van der Waals surface area contributed by atoms with Crippen molar-refractivity contribution in [3.8, 4) is 0 Å². The van der Waals surface area contributed by atoms with Gasteiger partial charge in [0.25, 0.3) is 5.91 Å². The lowest BCUT2D eigenvalue weighted by atomic mass is 10.1. The molecule has 2 aromatic carbocycles. The number of anilines is 1. The third-order valence-corrected chi connectivity index (χ3v) is 3.05. The first-order chi connectivity index (χ1) is 10.2. The summed E-state index contributed by atoms with van der Waals surface area (Å²) in [6, 6.07) is 18.4.